The van der Waals surface area contributed by atoms with Crippen LogP contribution < -0.4 is 0 Å². The number of hydrogen-bond acceptors (Lipinski definition) is 1. The zero-order chi connectivity index (χ0) is 9.14. The molecule has 0 bridgehead atoms. The minimum Gasteiger partial charge on any atom is -0.382 e. The molecule has 0 radical (unpaired) electrons. The molecule has 1 aromatic carbocycles. The van der Waals surface area contributed by atoms with Gasteiger partial charge in [0.25, 0.3) is 6.43 Å². The van der Waals surface area contributed by atoms with Crippen LogP contribution in [0, 0.1) is 6.92 Å². The van der Waals surface area contributed by atoms with E-state index in [4.69, 9.17) is 5.11 Å². The zero-order valence-corrected chi connectivity index (χ0v) is 6.67. The van der Waals surface area contributed by atoms with Crippen molar-refractivity contribution in [2.75, 3.05) is 0 Å². The lowest BCUT2D eigenvalue weighted by Gasteiger charge is -2.11. The van der Waals surface area contributed by atoms with Gasteiger partial charge in [-0.15, -0.1) is 0 Å². The molecule has 0 fully saturated rings. The van der Waals surface area contributed by atoms with Gasteiger partial charge in [-0.25, -0.2) is 8.78 Å². The first-order chi connectivity index (χ1) is 5.63. The minimum absolute atomic E-state index is 0.299. The van der Waals surface area contributed by atoms with Gasteiger partial charge in [-0.1, -0.05) is 24.3 Å². The Hall–Kier alpha value is -0.960. The van der Waals surface area contributed by atoms with Gasteiger partial charge < -0.3 is 5.11 Å². The number of aliphatic hydroxyl groups excluding tert-OH is 1. The van der Waals surface area contributed by atoms with E-state index in [1.165, 1.54) is 6.07 Å². The molecule has 0 aromatic heterocycles. The van der Waals surface area contributed by atoms with E-state index in [-0.39, 0.29) is 0 Å². The predicted octanol–water partition coefficient (Wildman–Crippen LogP) is 2.29. The Labute approximate surface area is 69.7 Å². The first-order valence-electron chi connectivity index (χ1n) is 3.64. The lowest BCUT2D eigenvalue weighted by atomic mass is 10.0. The molecule has 0 amide bonds. The maximum absolute atomic E-state index is 12.0. The molecular weight excluding hydrogens is 162 g/mol. The molecular formula is C9H10F2O. The van der Waals surface area contributed by atoms with Gasteiger partial charge in [0.05, 0.1) is 0 Å². The predicted molar refractivity (Wildman–Crippen MR) is 42.1 cm³/mol. The van der Waals surface area contributed by atoms with Crippen LogP contribution >= 0.6 is 0 Å². The van der Waals surface area contributed by atoms with Crippen LogP contribution in [0.2, 0.25) is 0 Å². The van der Waals surface area contributed by atoms with Gasteiger partial charge in [0.1, 0.15) is 6.10 Å². The molecule has 1 rings (SSSR count). The molecule has 3 heteroatoms. The van der Waals surface area contributed by atoms with E-state index < -0.39 is 12.5 Å². The van der Waals surface area contributed by atoms with Crippen molar-refractivity contribution in [3.63, 3.8) is 0 Å². The molecule has 0 saturated heterocycles. The van der Waals surface area contributed by atoms with Crippen LogP contribution in [0.15, 0.2) is 24.3 Å². The van der Waals surface area contributed by atoms with Crippen molar-refractivity contribution in [1.82, 2.24) is 0 Å². The molecule has 1 aromatic rings. The first-order valence-corrected chi connectivity index (χ1v) is 3.64. The van der Waals surface area contributed by atoms with Crippen LogP contribution in [0.1, 0.15) is 17.2 Å². The van der Waals surface area contributed by atoms with Gasteiger partial charge in [0.2, 0.25) is 0 Å². The fourth-order valence-corrected chi connectivity index (χ4v) is 1.05. The van der Waals surface area contributed by atoms with Crippen LogP contribution in [0.5, 0.6) is 0 Å². The normalized spacial score (nSPS) is 13.4. The minimum atomic E-state index is -2.72. The summed E-state index contributed by atoms with van der Waals surface area (Å²) in [6.45, 7) is 1.70. The van der Waals surface area contributed by atoms with E-state index in [1.54, 1.807) is 25.1 Å². The highest BCUT2D eigenvalue weighted by molar-refractivity contribution is 5.27. The number of benzene rings is 1. The van der Waals surface area contributed by atoms with Crippen molar-refractivity contribution < 1.29 is 13.9 Å². The molecule has 1 atom stereocenters. The Kier molecular flexibility index (Phi) is 2.76. The summed E-state index contributed by atoms with van der Waals surface area (Å²) in [5, 5.41) is 9.03. The maximum atomic E-state index is 12.0. The maximum Gasteiger partial charge on any atom is 0.268 e. The number of aryl methyl sites for hydroxylation is 1. The second-order valence-corrected chi connectivity index (χ2v) is 2.64. The van der Waals surface area contributed by atoms with Crippen LogP contribution in [0.25, 0.3) is 0 Å². The third-order valence-electron chi connectivity index (χ3n) is 1.75. The highest BCUT2D eigenvalue weighted by Gasteiger charge is 2.19. The van der Waals surface area contributed by atoms with Crippen molar-refractivity contribution in [2.45, 2.75) is 19.5 Å². The van der Waals surface area contributed by atoms with Crippen molar-refractivity contribution in [3.8, 4) is 0 Å². The molecule has 0 aliphatic carbocycles. The van der Waals surface area contributed by atoms with Crippen LogP contribution in [0.4, 0.5) is 8.78 Å². The molecule has 12 heavy (non-hydrogen) atoms. The summed E-state index contributed by atoms with van der Waals surface area (Å²) in [7, 11) is 0. The molecule has 66 valence electrons. The molecule has 1 nitrogen and oxygen atoms in total. The zero-order valence-electron chi connectivity index (χ0n) is 6.67. The summed E-state index contributed by atoms with van der Waals surface area (Å²) in [6, 6.07) is 6.58. The molecule has 0 heterocycles. The smallest absolute Gasteiger partial charge is 0.268 e. The summed E-state index contributed by atoms with van der Waals surface area (Å²) in [4.78, 5) is 0. The molecule has 0 aliphatic rings. The van der Waals surface area contributed by atoms with E-state index in [0.717, 1.165) is 0 Å². The summed E-state index contributed by atoms with van der Waals surface area (Å²) in [5.74, 6) is 0. The third kappa shape index (κ3) is 1.80. The molecule has 0 spiro atoms. The molecule has 0 aliphatic heterocycles. The van der Waals surface area contributed by atoms with Crippen LogP contribution in [-0.2, 0) is 0 Å². The first kappa shape index (κ1) is 9.13. The van der Waals surface area contributed by atoms with Gasteiger partial charge >= 0.3 is 0 Å². The fourth-order valence-electron chi connectivity index (χ4n) is 1.05. The Morgan fingerprint density at radius 1 is 1.25 bits per heavy atom. The number of halogens is 2. The number of hydrogen-bond donors (Lipinski definition) is 1. The Morgan fingerprint density at radius 2 is 1.83 bits per heavy atom. The Bertz CT molecular complexity index is 260. The second kappa shape index (κ2) is 3.63. The van der Waals surface area contributed by atoms with E-state index in [0.29, 0.717) is 11.1 Å². The summed E-state index contributed by atoms with van der Waals surface area (Å²) >= 11 is 0. The summed E-state index contributed by atoms with van der Waals surface area (Å²) in [5.41, 5.74) is 0.984. The number of rotatable bonds is 2. The lowest BCUT2D eigenvalue weighted by molar-refractivity contribution is -0.00612. The number of alkyl halides is 2. The highest BCUT2D eigenvalue weighted by Crippen LogP contribution is 2.22. The van der Waals surface area contributed by atoms with Gasteiger partial charge in [-0.2, -0.15) is 0 Å². The van der Waals surface area contributed by atoms with E-state index in [9.17, 15) is 8.78 Å². The van der Waals surface area contributed by atoms with E-state index in [1.807, 2.05) is 0 Å². The van der Waals surface area contributed by atoms with Crippen molar-refractivity contribution in [2.24, 2.45) is 0 Å². The molecule has 1 unspecified atom stereocenters. The van der Waals surface area contributed by atoms with Crippen molar-refractivity contribution in [1.29, 1.82) is 0 Å². The monoisotopic (exact) mass is 172 g/mol. The summed E-state index contributed by atoms with van der Waals surface area (Å²) < 4.78 is 24.1. The van der Waals surface area contributed by atoms with Crippen LogP contribution in [-0.4, -0.2) is 11.5 Å². The van der Waals surface area contributed by atoms with Gasteiger partial charge in [0, 0.05) is 0 Å². The third-order valence-corrected chi connectivity index (χ3v) is 1.75. The largest absolute Gasteiger partial charge is 0.382 e. The molecule has 1 N–H and O–H groups in total. The van der Waals surface area contributed by atoms with Gasteiger partial charge in [-0.3, -0.25) is 0 Å². The second-order valence-electron chi connectivity index (χ2n) is 2.64. The average molecular weight is 172 g/mol. The molecule has 0 saturated carbocycles. The number of aliphatic hydroxyl groups is 1. The van der Waals surface area contributed by atoms with E-state index >= 15 is 0 Å². The van der Waals surface area contributed by atoms with Gasteiger partial charge in [-0.05, 0) is 18.1 Å². The quantitative estimate of drug-likeness (QED) is 0.725. The standard InChI is InChI=1S/C9H10F2O/c1-6-4-2-3-5-7(6)8(12)9(10)11/h2-5,8-9,12H,1H3. The lowest BCUT2D eigenvalue weighted by Crippen LogP contribution is -2.09. The Morgan fingerprint density at radius 3 is 2.33 bits per heavy atom. The van der Waals surface area contributed by atoms with Crippen molar-refractivity contribution in [3.05, 3.63) is 35.4 Å². The summed E-state index contributed by atoms with van der Waals surface area (Å²) in [6.07, 6.45) is -4.38. The van der Waals surface area contributed by atoms with Crippen LogP contribution in [0.3, 0.4) is 0 Å². The Balaban J connectivity index is 2.94. The average Bonchev–Trinajstić information content (AvgIpc) is 2.04. The van der Waals surface area contributed by atoms with Gasteiger partial charge in [0.15, 0.2) is 0 Å². The fraction of sp³-hybridized carbons (Fsp3) is 0.333. The SMILES string of the molecule is Cc1ccccc1C(O)C(F)F. The van der Waals surface area contributed by atoms with E-state index in [2.05, 4.69) is 0 Å². The van der Waals surface area contributed by atoms with Crippen molar-refractivity contribution >= 4 is 0 Å². The highest BCUT2D eigenvalue weighted by atomic mass is 19.3. The topological polar surface area (TPSA) is 20.2 Å².